The van der Waals surface area contributed by atoms with E-state index in [0.717, 1.165) is 12.0 Å². The van der Waals surface area contributed by atoms with Gasteiger partial charge in [0.1, 0.15) is 5.69 Å². The van der Waals surface area contributed by atoms with Crippen LogP contribution in [0.5, 0.6) is 0 Å². The number of hydrogen-bond acceptors (Lipinski definition) is 7. The van der Waals surface area contributed by atoms with E-state index in [4.69, 9.17) is 10.5 Å². The molecule has 0 spiro atoms. The van der Waals surface area contributed by atoms with E-state index in [9.17, 15) is 9.59 Å². The molecule has 31 heavy (non-hydrogen) atoms. The van der Waals surface area contributed by atoms with Crippen LogP contribution in [0.25, 0.3) is 11.3 Å². The summed E-state index contributed by atoms with van der Waals surface area (Å²) in [4.78, 5) is 29.9. The molecular weight excluding hydrogens is 400 g/mol. The Morgan fingerprint density at radius 1 is 1.23 bits per heavy atom. The molecule has 0 saturated heterocycles. The molecule has 4 heterocycles. The number of aryl methyl sites for hydroxylation is 2. The first kappa shape index (κ1) is 20.7. The average molecular weight is 424 g/mol. The summed E-state index contributed by atoms with van der Waals surface area (Å²) < 4.78 is 9.05. The summed E-state index contributed by atoms with van der Waals surface area (Å²) >= 11 is 0. The Labute approximate surface area is 178 Å². The zero-order valence-electron chi connectivity index (χ0n) is 17.1. The lowest BCUT2D eigenvalue weighted by Crippen LogP contribution is -2.38. The van der Waals surface area contributed by atoms with Gasteiger partial charge in [0.05, 0.1) is 23.7 Å². The summed E-state index contributed by atoms with van der Waals surface area (Å²) in [5, 5.41) is 14.0. The Kier molecular flexibility index (Phi) is 6.05. The number of anilines is 1. The molecular formula is C20H24N8O3. The van der Waals surface area contributed by atoms with Gasteiger partial charge in [-0.05, 0) is 18.6 Å². The van der Waals surface area contributed by atoms with Crippen LogP contribution in [-0.2, 0) is 18.3 Å². The van der Waals surface area contributed by atoms with E-state index in [1.54, 1.807) is 36.3 Å². The highest BCUT2D eigenvalue weighted by atomic mass is 16.5. The second-order valence-corrected chi connectivity index (χ2v) is 7.21. The molecule has 3 aromatic rings. The summed E-state index contributed by atoms with van der Waals surface area (Å²) in [7, 11) is 1.67. The third kappa shape index (κ3) is 4.78. The SMILES string of the molecule is Cn1cc2c(n1)C(=O)NCC(CN)OCCCn1cc(cn1)-c1cccc(n1)C(=O)N2. The molecule has 0 aromatic carbocycles. The van der Waals surface area contributed by atoms with Gasteiger partial charge in [-0.25, -0.2) is 4.98 Å². The summed E-state index contributed by atoms with van der Waals surface area (Å²) in [6.07, 6.45) is 5.56. The first-order chi connectivity index (χ1) is 15.0. The lowest BCUT2D eigenvalue weighted by atomic mass is 10.2. The van der Waals surface area contributed by atoms with Crippen molar-refractivity contribution >= 4 is 17.5 Å². The molecule has 4 N–H and O–H groups in total. The van der Waals surface area contributed by atoms with Gasteiger partial charge >= 0.3 is 0 Å². The minimum Gasteiger partial charge on any atom is -0.375 e. The van der Waals surface area contributed by atoms with Gasteiger partial charge in [0.2, 0.25) is 0 Å². The van der Waals surface area contributed by atoms with Gasteiger partial charge in [-0.3, -0.25) is 19.0 Å². The predicted molar refractivity (Wildman–Crippen MR) is 112 cm³/mol. The lowest BCUT2D eigenvalue weighted by Gasteiger charge is -2.16. The highest BCUT2D eigenvalue weighted by Gasteiger charge is 2.20. The smallest absolute Gasteiger partial charge is 0.274 e. The van der Waals surface area contributed by atoms with E-state index >= 15 is 0 Å². The standard InChI is InChI=1S/C20H24N8O3/c1-27-12-17-18(26-27)20(30)22-10-14(8-21)31-7-3-6-28-11-13(9-23-28)15-4-2-5-16(24-15)19(29)25-17/h2,4-5,9,11-12,14H,3,6-8,10,21H2,1H3,(H,22,30)(H,25,29). The van der Waals surface area contributed by atoms with Gasteiger partial charge in [0, 0.05) is 51.2 Å². The normalized spacial score (nSPS) is 17.8. The van der Waals surface area contributed by atoms with Gasteiger partial charge < -0.3 is 21.1 Å². The quantitative estimate of drug-likeness (QED) is 0.513. The molecule has 1 aliphatic heterocycles. The van der Waals surface area contributed by atoms with Crippen LogP contribution in [-0.4, -0.2) is 62.2 Å². The molecule has 3 aromatic heterocycles. The lowest BCUT2D eigenvalue weighted by molar-refractivity contribution is 0.0526. The number of nitrogens with one attached hydrogen (secondary N) is 2. The van der Waals surface area contributed by atoms with Crippen molar-refractivity contribution in [2.75, 3.05) is 25.0 Å². The molecule has 4 bridgehead atoms. The van der Waals surface area contributed by atoms with Gasteiger partial charge in [0.25, 0.3) is 11.8 Å². The Hall–Kier alpha value is -3.57. The number of fused-ring (bicyclic) bond motifs is 6. The van der Waals surface area contributed by atoms with Gasteiger partial charge in [-0.1, -0.05) is 6.07 Å². The van der Waals surface area contributed by atoms with Crippen LogP contribution in [0.4, 0.5) is 5.69 Å². The number of pyridine rings is 1. The largest absolute Gasteiger partial charge is 0.375 e. The van der Waals surface area contributed by atoms with Crippen molar-refractivity contribution in [3.8, 4) is 11.3 Å². The number of carbonyl (C=O) groups excluding carboxylic acids is 2. The number of rotatable bonds is 1. The first-order valence-electron chi connectivity index (χ1n) is 9.98. The fourth-order valence-electron chi connectivity index (χ4n) is 3.25. The zero-order chi connectivity index (χ0) is 21.8. The summed E-state index contributed by atoms with van der Waals surface area (Å²) in [6, 6.07) is 5.18. The minimum absolute atomic E-state index is 0.102. The molecule has 0 saturated carbocycles. The highest BCUT2D eigenvalue weighted by molar-refractivity contribution is 6.07. The molecule has 0 radical (unpaired) electrons. The van der Waals surface area contributed by atoms with Crippen LogP contribution in [0.1, 0.15) is 27.4 Å². The topological polar surface area (TPSA) is 142 Å². The third-order valence-electron chi connectivity index (χ3n) is 4.84. The van der Waals surface area contributed by atoms with E-state index in [1.807, 2.05) is 12.3 Å². The number of amides is 2. The molecule has 4 rings (SSSR count). The van der Waals surface area contributed by atoms with Crippen LogP contribution < -0.4 is 16.4 Å². The van der Waals surface area contributed by atoms with Crippen molar-refractivity contribution in [1.82, 2.24) is 29.9 Å². The Morgan fingerprint density at radius 2 is 2.06 bits per heavy atom. The van der Waals surface area contributed by atoms with Gasteiger partial charge in [0.15, 0.2) is 5.69 Å². The van der Waals surface area contributed by atoms with E-state index in [2.05, 4.69) is 25.8 Å². The van der Waals surface area contributed by atoms with Crippen LogP contribution in [0.3, 0.4) is 0 Å². The maximum absolute atomic E-state index is 12.8. The summed E-state index contributed by atoms with van der Waals surface area (Å²) in [5.41, 5.74) is 7.82. The molecule has 1 unspecified atom stereocenters. The second kappa shape index (κ2) is 9.06. The maximum atomic E-state index is 12.8. The van der Waals surface area contributed by atoms with Gasteiger partial charge in [-0.2, -0.15) is 10.2 Å². The third-order valence-corrected chi connectivity index (χ3v) is 4.84. The Morgan fingerprint density at radius 3 is 2.90 bits per heavy atom. The maximum Gasteiger partial charge on any atom is 0.274 e. The van der Waals surface area contributed by atoms with Crippen molar-refractivity contribution < 1.29 is 14.3 Å². The number of ether oxygens (including phenoxy) is 1. The van der Waals surface area contributed by atoms with Crippen LogP contribution in [0.15, 0.2) is 36.8 Å². The van der Waals surface area contributed by atoms with Gasteiger partial charge in [-0.15, -0.1) is 0 Å². The molecule has 0 aliphatic carbocycles. The fourth-order valence-corrected chi connectivity index (χ4v) is 3.25. The molecule has 162 valence electrons. The Bertz CT molecular complexity index is 1090. The molecule has 1 aliphatic rings. The van der Waals surface area contributed by atoms with E-state index < -0.39 is 11.8 Å². The van der Waals surface area contributed by atoms with Crippen molar-refractivity contribution in [3.63, 3.8) is 0 Å². The van der Waals surface area contributed by atoms with Crippen molar-refractivity contribution in [2.45, 2.75) is 19.1 Å². The first-order valence-corrected chi connectivity index (χ1v) is 9.98. The molecule has 2 amide bonds. The fraction of sp³-hybridized carbons (Fsp3) is 0.350. The number of nitrogens with two attached hydrogens (primary N) is 1. The predicted octanol–water partition coefficient (Wildman–Crippen LogP) is 0.408. The number of carbonyl (C=O) groups is 2. The molecule has 11 nitrogen and oxygen atoms in total. The second-order valence-electron chi connectivity index (χ2n) is 7.21. The monoisotopic (exact) mass is 424 g/mol. The molecule has 1 atom stereocenters. The highest BCUT2D eigenvalue weighted by Crippen LogP contribution is 2.19. The average Bonchev–Trinajstić information content (AvgIpc) is 3.39. The number of aromatic nitrogens is 5. The molecule has 11 heteroatoms. The number of nitrogens with zero attached hydrogens (tertiary/aromatic N) is 5. The van der Waals surface area contributed by atoms with Crippen molar-refractivity contribution in [2.24, 2.45) is 12.8 Å². The summed E-state index contributed by atoms with van der Waals surface area (Å²) in [5.74, 6) is -0.871. The van der Waals surface area contributed by atoms with E-state index in [1.165, 1.54) is 4.68 Å². The minimum atomic E-state index is -0.444. The molecule has 0 fully saturated rings. The van der Waals surface area contributed by atoms with Crippen LogP contribution in [0, 0.1) is 0 Å². The van der Waals surface area contributed by atoms with Crippen molar-refractivity contribution in [1.29, 1.82) is 0 Å². The van der Waals surface area contributed by atoms with E-state index in [-0.39, 0.29) is 36.3 Å². The van der Waals surface area contributed by atoms with Crippen LogP contribution in [0.2, 0.25) is 0 Å². The van der Waals surface area contributed by atoms with E-state index in [0.29, 0.717) is 18.8 Å². The van der Waals surface area contributed by atoms with Crippen LogP contribution >= 0.6 is 0 Å². The zero-order valence-corrected chi connectivity index (χ0v) is 17.1. The number of hydrogen-bond donors (Lipinski definition) is 3. The summed E-state index contributed by atoms with van der Waals surface area (Å²) in [6.45, 7) is 1.62. The Balaban J connectivity index is 1.66. The van der Waals surface area contributed by atoms with Crippen molar-refractivity contribution in [3.05, 3.63) is 48.2 Å².